The number of nitrogens with zero attached hydrogens (tertiary/aromatic N) is 1. The van der Waals surface area contributed by atoms with E-state index in [9.17, 15) is 0 Å². The van der Waals surface area contributed by atoms with Gasteiger partial charge < -0.3 is 15.7 Å². The Balaban J connectivity index is 2.18. The topological polar surface area (TPSA) is 67.8 Å². The second kappa shape index (κ2) is 6.30. The van der Waals surface area contributed by atoms with Gasteiger partial charge in [0, 0.05) is 10.6 Å². The third-order valence-corrected chi connectivity index (χ3v) is 3.26. The fourth-order valence-corrected chi connectivity index (χ4v) is 2.02. The minimum absolute atomic E-state index is 0.0660. The van der Waals surface area contributed by atoms with E-state index in [0.717, 1.165) is 22.8 Å². The van der Waals surface area contributed by atoms with Crippen molar-refractivity contribution in [3.8, 4) is 11.5 Å². The lowest BCUT2D eigenvalue weighted by Gasteiger charge is -2.09. The first-order chi connectivity index (χ1) is 9.63. The molecule has 2 aromatic carbocycles. The van der Waals surface area contributed by atoms with Crippen LogP contribution in [0.3, 0.4) is 0 Å². The predicted molar refractivity (Wildman–Crippen MR) is 79.9 cm³/mol. The lowest BCUT2D eigenvalue weighted by atomic mass is 10.1. The van der Waals surface area contributed by atoms with Crippen molar-refractivity contribution in [1.82, 2.24) is 0 Å². The van der Waals surface area contributed by atoms with E-state index in [1.54, 1.807) is 24.3 Å². The molecule has 0 fully saturated rings. The summed E-state index contributed by atoms with van der Waals surface area (Å²) < 4.78 is 5.74. The number of oxime groups is 1. The van der Waals surface area contributed by atoms with Crippen LogP contribution in [0.2, 0.25) is 5.02 Å². The molecular formula is C15H15ClN2O2. The molecule has 0 saturated heterocycles. The maximum Gasteiger partial charge on any atom is 0.170 e. The Hall–Kier alpha value is -2.20. The van der Waals surface area contributed by atoms with Gasteiger partial charge >= 0.3 is 0 Å². The zero-order valence-corrected chi connectivity index (χ0v) is 11.8. The van der Waals surface area contributed by atoms with Crippen LogP contribution >= 0.6 is 11.6 Å². The third kappa shape index (κ3) is 3.22. The summed E-state index contributed by atoms with van der Waals surface area (Å²) in [7, 11) is 0. The van der Waals surface area contributed by atoms with Crippen LogP contribution in [-0.4, -0.2) is 11.0 Å². The van der Waals surface area contributed by atoms with E-state index in [1.165, 1.54) is 0 Å². The summed E-state index contributed by atoms with van der Waals surface area (Å²) in [5.41, 5.74) is 7.17. The maximum absolute atomic E-state index is 8.60. The summed E-state index contributed by atoms with van der Waals surface area (Å²) in [5.74, 6) is 1.46. The number of ether oxygens (including phenoxy) is 1. The van der Waals surface area contributed by atoms with Gasteiger partial charge in [0.05, 0.1) is 0 Å². The fraction of sp³-hybridized carbons (Fsp3) is 0.133. The second-order valence-corrected chi connectivity index (χ2v) is 4.63. The number of hydrogen-bond donors (Lipinski definition) is 2. The Labute approximate surface area is 122 Å². The summed E-state index contributed by atoms with van der Waals surface area (Å²) in [6.07, 6.45) is 0.846. The molecule has 0 aliphatic rings. The lowest BCUT2D eigenvalue weighted by Crippen LogP contribution is -2.12. The number of rotatable bonds is 4. The van der Waals surface area contributed by atoms with Crippen LogP contribution in [0.5, 0.6) is 11.5 Å². The van der Waals surface area contributed by atoms with Gasteiger partial charge in [-0.3, -0.25) is 0 Å². The highest BCUT2D eigenvalue weighted by molar-refractivity contribution is 6.31. The van der Waals surface area contributed by atoms with Crippen molar-refractivity contribution in [3.05, 3.63) is 58.6 Å². The van der Waals surface area contributed by atoms with Crippen LogP contribution in [-0.2, 0) is 6.42 Å². The summed E-state index contributed by atoms with van der Waals surface area (Å²) in [5, 5.41) is 12.3. The molecule has 0 aliphatic heterocycles. The number of halogens is 1. The number of amidine groups is 1. The van der Waals surface area contributed by atoms with Gasteiger partial charge in [0.25, 0.3) is 0 Å². The number of nitrogens with two attached hydrogens (primary N) is 1. The van der Waals surface area contributed by atoms with E-state index in [0.29, 0.717) is 11.3 Å². The molecular weight excluding hydrogens is 276 g/mol. The molecule has 0 aliphatic carbocycles. The molecule has 0 radical (unpaired) electrons. The molecule has 2 aromatic rings. The summed E-state index contributed by atoms with van der Waals surface area (Å²) in [6, 6.07) is 12.5. The van der Waals surface area contributed by atoms with E-state index in [-0.39, 0.29) is 5.84 Å². The average Bonchev–Trinajstić information content (AvgIpc) is 2.49. The minimum atomic E-state index is 0.0660. The van der Waals surface area contributed by atoms with Crippen molar-refractivity contribution in [3.63, 3.8) is 0 Å². The highest BCUT2D eigenvalue weighted by Gasteiger charge is 2.04. The van der Waals surface area contributed by atoms with Gasteiger partial charge in [-0.25, -0.2) is 0 Å². The van der Waals surface area contributed by atoms with Crippen molar-refractivity contribution in [2.45, 2.75) is 13.3 Å². The number of hydrogen-bond acceptors (Lipinski definition) is 3. The Morgan fingerprint density at radius 1 is 1.20 bits per heavy atom. The van der Waals surface area contributed by atoms with Crippen LogP contribution in [0.25, 0.3) is 0 Å². The summed E-state index contributed by atoms with van der Waals surface area (Å²) in [4.78, 5) is 0. The van der Waals surface area contributed by atoms with Gasteiger partial charge in [0.15, 0.2) is 5.84 Å². The van der Waals surface area contributed by atoms with Gasteiger partial charge in [-0.15, -0.1) is 0 Å². The Morgan fingerprint density at radius 2 is 1.85 bits per heavy atom. The number of benzene rings is 2. The molecule has 0 aromatic heterocycles. The standard InChI is InChI=1S/C15H15ClN2O2/c1-2-10-9-13(7-8-14(10)16)20-12-5-3-11(4-6-12)15(17)18-19/h3-9,19H,2H2,1H3,(H2,17,18). The fourth-order valence-electron chi connectivity index (χ4n) is 1.77. The van der Waals surface area contributed by atoms with Crippen LogP contribution in [0.15, 0.2) is 47.6 Å². The highest BCUT2D eigenvalue weighted by Crippen LogP contribution is 2.26. The molecule has 0 unspecified atom stereocenters. The van der Waals surface area contributed by atoms with Crippen molar-refractivity contribution < 1.29 is 9.94 Å². The van der Waals surface area contributed by atoms with E-state index in [4.69, 9.17) is 27.3 Å². The zero-order chi connectivity index (χ0) is 14.5. The van der Waals surface area contributed by atoms with Gasteiger partial charge in [0.1, 0.15) is 11.5 Å². The molecule has 0 amide bonds. The van der Waals surface area contributed by atoms with E-state index < -0.39 is 0 Å². The molecule has 5 heteroatoms. The molecule has 20 heavy (non-hydrogen) atoms. The van der Waals surface area contributed by atoms with Crippen LogP contribution in [0, 0.1) is 0 Å². The van der Waals surface area contributed by atoms with Gasteiger partial charge in [-0.1, -0.05) is 23.7 Å². The zero-order valence-electron chi connectivity index (χ0n) is 11.0. The first-order valence-electron chi connectivity index (χ1n) is 6.18. The Morgan fingerprint density at radius 3 is 2.45 bits per heavy atom. The SMILES string of the molecule is CCc1cc(Oc2ccc(/C(N)=N/O)cc2)ccc1Cl. The third-order valence-electron chi connectivity index (χ3n) is 2.89. The quantitative estimate of drug-likeness (QED) is 0.389. The van der Waals surface area contributed by atoms with Gasteiger partial charge in [-0.05, 0) is 54.4 Å². The molecule has 0 heterocycles. The monoisotopic (exact) mass is 290 g/mol. The molecule has 0 atom stereocenters. The molecule has 0 bridgehead atoms. The first kappa shape index (κ1) is 14.2. The van der Waals surface area contributed by atoms with E-state index in [2.05, 4.69) is 5.16 Å². The lowest BCUT2D eigenvalue weighted by molar-refractivity contribution is 0.318. The van der Waals surface area contributed by atoms with Gasteiger partial charge in [0.2, 0.25) is 0 Å². The van der Waals surface area contributed by atoms with Crippen LogP contribution in [0.1, 0.15) is 18.1 Å². The van der Waals surface area contributed by atoms with Gasteiger partial charge in [-0.2, -0.15) is 0 Å². The summed E-state index contributed by atoms with van der Waals surface area (Å²) >= 11 is 6.06. The maximum atomic E-state index is 8.60. The largest absolute Gasteiger partial charge is 0.457 e. The second-order valence-electron chi connectivity index (χ2n) is 4.22. The molecule has 0 spiro atoms. The predicted octanol–water partition coefficient (Wildman–Crippen LogP) is 3.79. The van der Waals surface area contributed by atoms with E-state index >= 15 is 0 Å². The van der Waals surface area contributed by atoms with Crippen molar-refractivity contribution >= 4 is 17.4 Å². The molecule has 104 valence electrons. The Kier molecular flexibility index (Phi) is 4.48. The smallest absolute Gasteiger partial charge is 0.170 e. The number of aryl methyl sites for hydroxylation is 1. The van der Waals surface area contributed by atoms with Crippen molar-refractivity contribution in [2.24, 2.45) is 10.9 Å². The van der Waals surface area contributed by atoms with Crippen molar-refractivity contribution in [2.75, 3.05) is 0 Å². The minimum Gasteiger partial charge on any atom is -0.457 e. The van der Waals surface area contributed by atoms with Crippen LogP contribution in [0.4, 0.5) is 0 Å². The molecule has 0 saturated carbocycles. The van der Waals surface area contributed by atoms with Crippen molar-refractivity contribution in [1.29, 1.82) is 0 Å². The summed E-state index contributed by atoms with van der Waals surface area (Å²) in [6.45, 7) is 2.04. The van der Waals surface area contributed by atoms with Crippen LogP contribution < -0.4 is 10.5 Å². The molecule has 2 rings (SSSR count). The highest BCUT2D eigenvalue weighted by atomic mass is 35.5. The molecule has 4 nitrogen and oxygen atoms in total. The Bertz CT molecular complexity index is 624. The van der Waals surface area contributed by atoms with E-state index in [1.807, 2.05) is 25.1 Å². The first-order valence-corrected chi connectivity index (χ1v) is 6.56. The normalized spacial score (nSPS) is 11.4. The average molecular weight is 291 g/mol. The molecule has 3 N–H and O–H groups in total.